The Bertz CT molecular complexity index is 1230. The monoisotopic (exact) mass is 1020 g/mol. The van der Waals surface area contributed by atoms with Crippen molar-refractivity contribution in [2.24, 2.45) is 0 Å². The van der Waals surface area contributed by atoms with Crippen LogP contribution in [-0.2, 0) is 14.3 Å². The number of aliphatic hydroxyl groups excluding tert-OH is 2. The molecule has 0 aliphatic rings. The van der Waals surface area contributed by atoms with Gasteiger partial charge in [0.25, 0.3) is 0 Å². The number of ether oxygens (including phenoxy) is 1. The molecule has 0 aliphatic heterocycles. The van der Waals surface area contributed by atoms with Crippen LogP contribution in [0.3, 0.4) is 0 Å². The van der Waals surface area contributed by atoms with Crippen molar-refractivity contribution in [2.75, 3.05) is 13.2 Å². The lowest BCUT2D eigenvalue weighted by molar-refractivity contribution is -0.143. The Morgan fingerprint density at radius 2 is 0.685 bits per heavy atom. The van der Waals surface area contributed by atoms with E-state index in [2.05, 4.69) is 55.6 Å². The predicted molar refractivity (Wildman–Crippen MR) is 319 cm³/mol. The van der Waals surface area contributed by atoms with Crippen LogP contribution in [0.4, 0.5) is 0 Å². The number of amides is 1. The minimum absolute atomic E-state index is 0.0114. The highest BCUT2D eigenvalue weighted by molar-refractivity contribution is 5.76. The van der Waals surface area contributed by atoms with Gasteiger partial charge in [0.05, 0.1) is 25.4 Å². The molecule has 0 heterocycles. The van der Waals surface area contributed by atoms with Crippen molar-refractivity contribution in [1.82, 2.24) is 5.32 Å². The molecule has 0 aromatic rings. The van der Waals surface area contributed by atoms with Crippen LogP contribution in [0.1, 0.15) is 341 Å². The summed E-state index contributed by atoms with van der Waals surface area (Å²) in [7, 11) is 0. The van der Waals surface area contributed by atoms with Gasteiger partial charge in [0.1, 0.15) is 0 Å². The van der Waals surface area contributed by atoms with Crippen LogP contribution in [0.15, 0.2) is 48.6 Å². The van der Waals surface area contributed by atoms with Crippen LogP contribution in [0.5, 0.6) is 0 Å². The minimum Gasteiger partial charge on any atom is -0.466 e. The Hall–Kier alpha value is -2.18. The topological polar surface area (TPSA) is 95.9 Å². The largest absolute Gasteiger partial charge is 0.466 e. The normalized spacial score (nSPS) is 12.9. The van der Waals surface area contributed by atoms with Crippen molar-refractivity contribution in [3.8, 4) is 0 Å². The Morgan fingerprint density at radius 1 is 0.384 bits per heavy atom. The third-order valence-corrected chi connectivity index (χ3v) is 14.8. The molecule has 6 nitrogen and oxygen atoms in total. The summed E-state index contributed by atoms with van der Waals surface area (Å²) in [6.07, 6.45) is 80.1. The summed E-state index contributed by atoms with van der Waals surface area (Å²) in [5, 5.41) is 23.2. The van der Waals surface area contributed by atoms with Crippen molar-refractivity contribution in [1.29, 1.82) is 0 Å². The van der Waals surface area contributed by atoms with Gasteiger partial charge in [-0.1, -0.05) is 287 Å². The summed E-state index contributed by atoms with van der Waals surface area (Å²) in [5.74, 6) is -0.0944. The maximum atomic E-state index is 12.5. The van der Waals surface area contributed by atoms with Crippen LogP contribution in [0.2, 0.25) is 0 Å². The van der Waals surface area contributed by atoms with Crippen LogP contribution in [0.25, 0.3) is 0 Å². The molecule has 2 unspecified atom stereocenters. The van der Waals surface area contributed by atoms with E-state index in [1.807, 2.05) is 6.08 Å². The summed E-state index contributed by atoms with van der Waals surface area (Å²) < 4.78 is 5.48. The van der Waals surface area contributed by atoms with Gasteiger partial charge in [-0.05, 0) is 89.9 Å². The Morgan fingerprint density at radius 3 is 1.08 bits per heavy atom. The maximum absolute atomic E-state index is 12.5. The van der Waals surface area contributed by atoms with Gasteiger partial charge in [0, 0.05) is 12.8 Å². The number of carbonyl (C=O) groups is 2. The van der Waals surface area contributed by atoms with E-state index in [1.54, 1.807) is 6.08 Å². The lowest BCUT2D eigenvalue weighted by Crippen LogP contribution is -2.45. The van der Waals surface area contributed by atoms with Crippen LogP contribution in [-0.4, -0.2) is 47.4 Å². The molecule has 0 bridgehead atoms. The molecule has 0 aromatic heterocycles. The van der Waals surface area contributed by atoms with Gasteiger partial charge >= 0.3 is 5.97 Å². The first-order valence-electron chi connectivity index (χ1n) is 32.4. The molecule has 2 atom stereocenters. The molecule has 0 saturated carbocycles. The Labute approximate surface area is 455 Å². The lowest BCUT2D eigenvalue weighted by Gasteiger charge is -2.20. The number of unbranched alkanes of at least 4 members (excludes halogenated alkanes) is 43. The first-order valence-corrected chi connectivity index (χ1v) is 32.4. The van der Waals surface area contributed by atoms with Gasteiger partial charge in [-0.15, -0.1) is 0 Å². The number of hydrogen-bond donors (Lipinski definition) is 3. The van der Waals surface area contributed by atoms with Crippen LogP contribution in [0, 0.1) is 0 Å². The smallest absolute Gasteiger partial charge is 0.305 e. The average Bonchev–Trinajstić information content (AvgIpc) is 3.39. The fourth-order valence-electron chi connectivity index (χ4n) is 9.84. The van der Waals surface area contributed by atoms with Crippen LogP contribution >= 0.6 is 0 Å². The van der Waals surface area contributed by atoms with Gasteiger partial charge < -0.3 is 20.3 Å². The summed E-state index contributed by atoms with van der Waals surface area (Å²) >= 11 is 0. The van der Waals surface area contributed by atoms with Crippen molar-refractivity contribution in [3.05, 3.63) is 48.6 Å². The van der Waals surface area contributed by atoms with Gasteiger partial charge in [-0.2, -0.15) is 0 Å². The number of rotatable bonds is 60. The summed E-state index contributed by atoms with van der Waals surface area (Å²) in [6, 6.07) is -0.643. The number of aliphatic hydroxyl groups is 2. The standard InChI is InChI=1S/C67H125NO5/c1-3-5-7-9-11-13-15-17-19-21-22-23-24-25-26-28-31-35-39-43-47-51-55-59-65(70)64(63-69)68-66(71)60-56-52-48-44-40-36-32-29-30-34-38-42-46-50-54-58-62-73-67(72)61-57-53-49-45-41-37-33-27-20-18-16-14-12-10-8-6-4-2/h12,14,18,20,29,32,55,59,64-65,69-70H,3-11,13,15-17,19,21-28,30-31,33-54,56-58,60-63H2,1-2H3,(H,68,71)/b14-12-,20-18-,32-29-,59-55+. The molecule has 3 N–H and O–H groups in total. The highest BCUT2D eigenvalue weighted by Crippen LogP contribution is 2.17. The number of allylic oxidation sites excluding steroid dienone is 7. The van der Waals surface area contributed by atoms with Crippen molar-refractivity contribution in [3.63, 3.8) is 0 Å². The van der Waals surface area contributed by atoms with E-state index in [1.165, 1.54) is 244 Å². The fourth-order valence-corrected chi connectivity index (χ4v) is 9.84. The molecule has 0 aliphatic carbocycles. The van der Waals surface area contributed by atoms with Crippen LogP contribution < -0.4 is 5.32 Å². The first kappa shape index (κ1) is 70.8. The van der Waals surface area contributed by atoms with Gasteiger partial charge in [0.2, 0.25) is 5.91 Å². The zero-order valence-corrected chi connectivity index (χ0v) is 48.9. The van der Waals surface area contributed by atoms with Gasteiger partial charge in [-0.25, -0.2) is 0 Å². The van der Waals surface area contributed by atoms with Gasteiger partial charge in [-0.3, -0.25) is 9.59 Å². The third kappa shape index (κ3) is 58.9. The highest BCUT2D eigenvalue weighted by atomic mass is 16.5. The summed E-state index contributed by atoms with van der Waals surface area (Å²) in [4.78, 5) is 24.6. The van der Waals surface area contributed by atoms with Crippen molar-refractivity contribution >= 4 is 11.9 Å². The molecular formula is C67H125NO5. The number of hydrogen-bond acceptors (Lipinski definition) is 5. The number of carbonyl (C=O) groups excluding carboxylic acids is 2. The zero-order valence-electron chi connectivity index (χ0n) is 48.9. The third-order valence-electron chi connectivity index (χ3n) is 14.8. The van der Waals surface area contributed by atoms with E-state index < -0.39 is 12.1 Å². The van der Waals surface area contributed by atoms with Crippen molar-refractivity contribution in [2.45, 2.75) is 353 Å². The quantitative estimate of drug-likeness (QED) is 0.0320. The zero-order chi connectivity index (χ0) is 52.9. The molecule has 0 spiro atoms. The van der Waals surface area contributed by atoms with E-state index in [-0.39, 0.29) is 18.5 Å². The average molecular weight is 1020 g/mol. The highest BCUT2D eigenvalue weighted by Gasteiger charge is 2.18. The second-order valence-electron chi connectivity index (χ2n) is 22.1. The second kappa shape index (κ2) is 62.4. The minimum atomic E-state index is -0.858. The van der Waals surface area contributed by atoms with Crippen molar-refractivity contribution < 1.29 is 24.5 Å². The summed E-state index contributed by atoms with van der Waals surface area (Å²) in [5.41, 5.74) is 0. The van der Waals surface area contributed by atoms with E-state index in [0.717, 1.165) is 70.6 Å². The molecule has 0 radical (unpaired) electrons. The van der Waals surface area contributed by atoms with E-state index in [4.69, 9.17) is 4.74 Å². The molecule has 6 heteroatoms. The molecular weight excluding hydrogens is 899 g/mol. The SMILES string of the molecule is CCCCC/C=C\C/C=C\CCCCCCCCCC(=O)OCCCCCCCCC/C=C\CCCCCCCC(=O)NC(CO)C(O)/C=C/CCCCCCCCCCCCCCCCCCCCCCC. The molecule has 428 valence electrons. The van der Waals surface area contributed by atoms with Gasteiger partial charge in [0.15, 0.2) is 0 Å². The molecule has 0 aromatic carbocycles. The molecule has 1 amide bonds. The molecule has 73 heavy (non-hydrogen) atoms. The predicted octanol–water partition coefficient (Wildman–Crippen LogP) is 20.5. The second-order valence-corrected chi connectivity index (χ2v) is 22.1. The Kier molecular flexibility index (Phi) is 60.5. The number of esters is 1. The molecule has 0 fully saturated rings. The first-order chi connectivity index (χ1) is 36.0. The molecule has 0 saturated heterocycles. The van der Waals surface area contributed by atoms with E-state index in [0.29, 0.717) is 19.4 Å². The van der Waals surface area contributed by atoms with E-state index in [9.17, 15) is 19.8 Å². The Balaban J connectivity index is 3.49. The summed E-state index contributed by atoms with van der Waals surface area (Å²) in [6.45, 7) is 4.87. The fraction of sp³-hybridized carbons (Fsp3) is 0.851. The van der Waals surface area contributed by atoms with E-state index >= 15 is 0 Å². The number of nitrogens with one attached hydrogen (secondary N) is 1. The molecule has 0 rings (SSSR count). The lowest BCUT2D eigenvalue weighted by atomic mass is 10.0. The maximum Gasteiger partial charge on any atom is 0.305 e.